The van der Waals surface area contributed by atoms with Gasteiger partial charge in [-0.05, 0) is 79.8 Å². The van der Waals surface area contributed by atoms with Crippen molar-refractivity contribution in [1.82, 2.24) is 0 Å². The molecule has 3 rings (SSSR count). The van der Waals surface area contributed by atoms with E-state index in [2.05, 4.69) is 55.8 Å². The van der Waals surface area contributed by atoms with Crippen LogP contribution in [0.5, 0.6) is 11.5 Å². The van der Waals surface area contributed by atoms with Crippen LogP contribution in [-0.4, -0.2) is 25.0 Å². The van der Waals surface area contributed by atoms with E-state index in [0.717, 1.165) is 35.3 Å². The average molecular weight is 602 g/mol. The Morgan fingerprint density at radius 3 is 1.55 bits per heavy atom. The molecule has 5 nitrogen and oxygen atoms in total. The molecule has 0 spiro atoms. The predicted molar refractivity (Wildman–Crippen MR) is 156 cm³/mol. The number of sulfone groups is 1. The summed E-state index contributed by atoms with van der Waals surface area (Å²) in [4.78, 5) is 12.4. The van der Waals surface area contributed by atoms with E-state index in [0.29, 0.717) is 10.6 Å². The van der Waals surface area contributed by atoms with E-state index in [1.165, 1.54) is 6.26 Å². The highest BCUT2D eigenvalue weighted by Gasteiger charge is 2.32. The molecule has 0 saturated heterocycles. The van der Waals surface area contributed by atoms with Crippen LogP contribution in [0.3, 0.4) is 0 Å². The van der Waals surface area contributed by atoms with Gasteiger partial charge in [0.2, 0.25) is 0 Å². The van der Waals surface area contributed by atoms with E-state index >= 15 is 0 Å². The molecule has 0 aliphatic heterocycles. The van der Waals surface area contributed by atoms with Crippen molar-refractivity contribution in [2.24, 2.45) is 0 Å². The van der Waals surface area contributed by atoms with Crippen LogP contribution >= 0.6 is 15.9 Å². The molecule has 0 radical (unpaired) electrons. The second-order valence-corrected chi connectivity index (χ2v) is 14.6. The van der Waals surface area contributed by atoms with Gasteiger partial charge >= 0.3 is 5.97 Å². The van der Waals surface area contributed by atoms with Gasteiger partial charge in [-0.3, -0.25) is 4.79 Å². The third kappa shape index (κ3) is 6.67. The topological polar surface area (TPSA) is 69.7 Å². The third-order valence-corrected chi connectivity index (χ3v) is 8.56. The summed E-state index contributed by atoms with van der Waals surface area (Å²) in [7, 11) is -3.26. The molecule has 0 saturated carbocycles. The predicted octanol–water partition coefficient (Wildman–Crippen LogP) is 7.59. The number of halogens is 1. The molecule has 0 fully saturated rings. The lowest BCUT2D eigenvalue weighted by molar-refractivity contribution is -0.136. The number of esters is 1. The monoisotopic (exact) mass is 600 g/mol. The van der Waals surface area contributed by atoms with Gasteiger partial charge in [-0.15, -0.1) is 0 Å². The highest BCUT2D eigenvalue weighted by molar-refractivity contribution is 9.10. The number of carbonyl (C=O) groups excluding carboxylic acids is 1. The molecule has 0 bridgehead atoms. The van der Waals surface area contributed by atoms with Crippen molar-refractivity contribution in [1.29, 1.82) is 0 Å². The van der Waals surface area contributed by atoms with E-state index in [-0.39, 0.29) is 11.4 Å². The lowest BCUT2D eigenvalue weighted by Crippen LogP contribution is -2.31. The molecule has 0 aliphatic rings. The molecule has 3 aromatic carbocycles. The summed E-state index contributed by atoms with van der Waals surface area (Å²) in [6.45, 7) is 11.9. The number of rotatable bonds is 10. The Morgan fingerprint density at radius 1 is 0.737 bits per heavy atom. The maximum atomic E-state index is 12.2. The van der Waals surface area contributed by atoms with Crippen LogP contribution in [0, 0.1) is 0 Å². The largest absolute Gasteiger partial charge is 0.483 e. The molecule has 0 unspecified atom stereocenters. The van der Waals surface area contributed by atoms with Crippen molar-refractivity contribution in [2.45, 2.75) is 74.6 Å². The zero-order chi connectivity index (χ0) is 28.4. The Kier molecular flexibility index (Phi) is 8.84. The summed E-state index contributed by atoms with van der Waals surface area (Å²) < 4.78 is 35.0. The summed E-state index contributed by atoms with van der Waals surface area (Å²) in [5.74, 6) is 0.910. The smallest absolute Gasteiger partial charge is 0.327 e. The molecule has 38 heavy (non-hydrogen) atoms. The van der Waals surface area contributed by atoms with Gasteiger partial charge in [0.25, 0.3) is 0 Å². The van der Waals surface area contributed by atoms with Crippen molar-refractivity contribution in [2.75, 3.05) is 6.26 Å². The fraction of sp³-hybridized carbons (Fsp3) is 0.387. The number of carbonyl (C=O) groups is 1. The first-order valence-corrected chi connectivity index (χ1v) is 15.4. The van der Waals surface area contributed by atoms with Crippen LogP contribution in [0.25, 0.3) is 0 Å². The number of benzene rings is 3. The van der Waals surface area contributed by atoms with E-state index < -0.39 is 19.8 Å². The minimum absolute atomic E-state index is 0.288. The maximum absolute atomic E-state index is 12.2. The van der Waals surface area contributed by atoms with Crippen molar-refractivity contribution < 1.29 is 22.7 Å². The van der Waals surface area contributed by atoms with Crippen molar-refractivity contribution >= 4 is 31.7 Å². The van der Waals surface area contributed by atoms with Gasteiger partial charge in [-0.25, -0.2) is 8.42 Å². The molecule has 204 valence electrons. The van der Waals surface area contributed by atoms with Gasteiger partial charge in [0.1, 0.15) is 21.4 Å². The van der Waals surface area contributed by atoms with Crippen LogP contribution in [0.1, 0.15) is 71.1 Å². The van der Waals surface area contributed by atoms with Crippen molar-refractivity contribution in [3.05, 3.63) is 89.5 Å². The first kappa shape index (κ1) is 29.9. The zero-order valence-electron chi connectivity index (χ0n) is 23.2. The first-order valence-electron chi connectivity index (χ1n) is 12.7. The minimum atomic E-state index is -3.26. The quantitative estimate of drug-likeness (QED) is 0.136. The normalized spacial score (nSPS) is 12.7. The van der Waals surface area contributed by atoms with Gasteiger partial charge in [0, 0.05) is 11.7 Å². The van der Waals surface area contributed by atoms with Crippen LogP contribution < -0.4 is 9.47 Å². The van der Waals surface area contributed by atoms with Gasteiger partial charge in [0.05, 0.1) is 4.90 Å². The lowest BCUT2D eigenvalue weighted by Gasteiger charge is -2.34. The molecule has 7 heteroatoms. The van der Waals surface area contributed by atoms with Crippen LogP contribution in [0.4, 0.5) is 0 Å². The summed E-state index contributed by atoms with van der Waals surface area (Å²) in [5, 5.41) is 0. The molecule has 3 aromatic rings. The van der Waals surface area contributed by atoms with Crippen molar-refractivity contribution in [3.63, 3.8) is 0 Å². The molecular weight excluding hydrogens is 564 g/mol. The molecule has 0 amide bonds. The van der Waals surface area contributed by atoms with Gasteiger partial charge < -0.3 is 9.47 Å². The fourth-order valence-electron chi connectivity index (χ4n) is 4.37. The Morgan fingerprint density at radius 2 is 1.16 bits per heavy atom. The average Bonchev–Trinajstić information content (AvgIpc) is 2.87. The number of hydrogen-bond acceptors (Lipinski definition) is 5. The second-order valence-electron chi connectivity index (χ2n) is 10.6. The van der Waals surface area contributed by atoms with Crippen LogP contribution in [0.15, 0.2) is 77.7 Å². The number of ether oxygens (including phenoxy) is 2. The van der Waals surface area contributed by atoms with E-state index in [4.69, 9.17) is 9.47 Å². The van der Waals surface area contributed by atoms with Gasteiger partial charge in [0.15, 0.2) is 9.84 Å². The van der Waals surface area contributed by atoms with Crippen LogP contribution in [0.2, 0.25) is 0 Å². The van der Waals surface area contributed by atoms with E-state index in [1.807, 2.05) is 48.5 Å². The maximum Gasteiger partial charge on any atom is 0.327 e. The number of hydrogen-bond donors (Lipinski definition) is 0. The standard InChI is InChI=1S/C31H37BrO5S/c1-8-31(9-2,24-14-20-27(21-15-24)38(7,34)35)37-26-18-12-23(13-19-26)29(3,4)22-10-16-25(17-11-22)36-28(33)30(5,6)32/h10-21H,8-9H2,1-7H3. The molecular formula is C31H37BrO5S. The summed E-state index contributed by atoms with van der Waals surface area (Å²) in [6.07, 6.45) is 2.68. The second kappa shape index (κ2) is 11.2. The highest BCUT2D eigenvalue weighted by atomic mass is 79.9. The first-order chi connectivity index (χ1) is 17.6. The zero-order valence-corrected chi connectivity index (χ0v) is 25.6. The third-order valence-electron chi connectivity index (χ3n) is 7.11. The Labute approximate surface area is 235 Å². The van der Waals surface area contributed by atoms with Gasteiger partial charge in [-0.1, -0.05) is 80.0 Å². The molecule has 0 heterocycles. The molecule has 0 aliphatic carbocycles. The van der Waals surface area contributed by atoms with Crippen LogP contribution in [-0.2, 0) is 25.6 Å². The van der Waals surface area contributed by atoms with Crippen molar-refractivity contribution in [3.8, 4) is 11.5 Å². The van der Waals surface area contributed by atoms with E-state index in [1.54, 1.807) is 26.0 Å². The summed E-state index contributed by atoms with van der Waals surface area (Å²) in [6, 6.07) is 22.7. The Bertz CT molecular complexity index is 1350. The van der Waals surface area contributed by atoms with Gasteiger partial charge in [-0.2, -0.15) is 0 Å². The fourth-order valence-corrected chi connectivity index (χ4v) is 5.08. The minimum Gasteiger partial charge on any atom is -0.483 e. The highest BCUT2D eigenvalue weighted by Crippen LogP contribution is 2.37. The summed E-state index contributed by atoms with van der Waals surface area (Å²) >= 11 is 3.33. The Balaban J connectivity index is 1.81. The van der Waals surface area contributed by atoms with E-state index in [9.17, 15) is 13.2 Å². The lowest BCUT2D eigenvalue weighted by atomic mass is 9.78. The Hall–Kier alpha value is -2.64. The molecule has 0 aromatic heterocycles. The molecule has 0 N–H and O–H groups in total. The number of alkyl halides is 1. The SMILES string of the molecule is CCC(CC)(Oc1ccc(C(C)(C)c2ccc(OC(=O)C(C)(C)Br)cc2)cc1)c1ccc(S(C)(=O)=O)cc1. The molecule has 0 atom stereocenters. The summed E-state index contributed by atoms with van der Waals surface area (Å²) in [5.41, 5.74) is 2.30.